The Morgan fingerprint density at radius 3 is 2.65 bits per heavy atom. The first-order chi connectivity index (χ1) is 16.5. The summed E-state index contributed by atoms with van der Waals surface area (Å²) in [5.74, 6) is 2.78. The number of methoxy groups -OCH3 is 2. The number of nitrogens with zero attached hydrogens (tertiary/aromatic N) is 1. The van der Waals surface area contributed by atoms with Crippen molar-refractivity contribution in [2.45, 2.75) is 6.61 Å². The standard InChI is InChI=1S/C24H20BrIN2O6/c1-30-20-8-15(4-5-18(20)26)24(29)28-27-11-16-9-21(31-2)23(10-17(16)25)32-12-14-3-6-19-22(7-14)34-13-33-19/h3-11H,12-13H2,1-2H3,(H,28,29)/b27-11-. The van der Waals surface area contributed by atoms with Gasteiger partial charge in [0.15, 0.2) is 23.0 Å². The Morgan fingerprint density at radius 2 is 1.85 bits per heavy atom. The average molecular weight is 639 g/mol. The SMILES string of the molecule is COc1cc(C(=O)N/N=C\c2cc(OC)c(OCc3ccc4c(c3)OCO4)cc2Br)ccc1I. The maximum absolute atomic E-state index is 12.4. The summed E-state index contributed by atoms with van der Waals surface area (Å²) in [6, 6.07) is 14.4. The molecule has 0 unspecified atom stereocenters. The fraction of sp³-hybridized carbons (Fsp3) is 0.167. The van der Waals surface area contributed by atoms with E-state index >= 15 is 0 Å². The van der Waals surface area contributed by atoms with Gasteiger partial charge in [-0.1, -0.05) is 6.07 Å². The van der Waals surface area contributed by atoms with Crippen LogP contribution in [0.2, 0.25) is 0 Å². The summed E-state index contributed by atoms with van der Waals surface area (Å²) in [6.45, 7) is 0.547. The molecule has 1 heterocycles. The molecule has 0 fully saturated rings. The van der Waals surface area contributed by atoms with Crippen LogP contribution >= 0.6 is 38.5 Å². The number of hydrazone groups is 1. The molecule has 0 saturated heterocycles. The van der Waals surface area contributed by atoms with Gasteiger partial charge < -0.3 is 23.7 Å². The van der Waals surface area contributed by atoms with Crippen LogP contribution in [0.4, 0.5) is 0 Å². The molecule has 4 rings (SSSR count). The normalized spacial score (nSPS) is 12.0. The van der Waals surface area contributed by atoms with Gasteiger partial charge in [0.2, 0.25) is 6.79 Å². The van der Waals surface area contributed by atoms with Crippen LogP contribution < -0.4 is 29.1 Å². The Kier molecular flexibility index (Phi) is 7.78. The molecular formula is C24H20BrIN2O6. The largest absolute Gasteiger partial charge is 0.496 e. The number of fused-ring (bicyclic) bond motifs is 1. The van der Waals surface area contributed by atoms with E-state index in [1.54, 1.807) is 38.5 Å². The highest BCUT2D eigenvalue weighted by Gasteiger charge is 2.15. The van der Waals surface area contributed by atoms with E-state index in [-0.39, 0.29) is 12.7 Å². The van der Waals surface area contributed by atoms with Crippen LogP contribution in [0.3, 0.4) is 0 Å². The molecule has 0 radical (unpaired) electrons. The lowest BCUT2D eigenvalue weighted by atomic mass is 10.2. The maximum atomic E-state index is 12.4. The van der Waals surface area contributed by atoms with Crippen molar-refractivity contribution < 1.29 is 28.5 Å². The monoisotopic (exact) mass is 638 g/mol. The Hall–Kier alpha value is -2.99. The number of halogens is 2. The van der Waals surface area contributed by atoms with Crippen LogP contribution in [0.5, 0.6) is 28.7 Å². The minimum Gasteiger partial charge on any atom is -0.496 e. The first-order valence-corrected chi connectivity index (χ1v) is 11.9. The highest BCUT2D eigenvalue weighted by atomic mass is 127. The van der Waals surface area contributed by atoms with E-state index in [0.29, 0.717) is 40.7 Å². The summed E-state index contributed by atoms with van der Waals surface area (Å²) in [5.41, 5.74) is 4.60. The molecule has 0 spiro atoms. The van der Waals surface area contributed by atoms with Crippen LogP contribution in [0, 0.1) is 3.57 Å². The first-order valence-electron chi connectivity index (χ1n) is 10.0. The predicted molar refractivity (Wildman–Crippen MR) is 138 cm³/mol. The van der Waals surface area contributed by atoms with Crippen molar-refractivity contribution in [1.82, 2.24) is 5.43 Å². The van der Waals surface area contributed by atoms with Crippen LogP contribution in [-0.2, 0) is 6.61 Å². The summed E-state index contributed by atoms with van der Waals surface area (Å²) in [7, 11) is 3.12. The topological polar surface area (TPSA) is 87.6 Å². The number of amides is 1. The fourth-order valence-corrected chi connectivity index (χ4v) is 4.12. The number of ether oxygens (including phenoxy) is 5. The van der Waals surface area contributed by atoms with Crippen molar-refractivity contribution in [2.24, 2.45) is 5.10 Å². The van der Waals surface area contributed by atoms with E-state index in [4.69, 9.17) is 23.7 Å². The molecule has 0 atom stereocenters. The average Bonchev–Trinajstić information content (AvgIpc) is 3.32. The second kappa shape index (κ2) is 11.0. The molecule has 10 heteroatoms. The van der Waals surface area contributed by atoms with Crippen LogP contribution in [0.25, 0.3) is 0 Å². The molecule has 0 saturated carbocycles. The number of nitrogens with one attached hydrogen (secondary N) is 1. The van der Waals surface area contributed by atoms with Gasteiger partial charge in [-0.05, 0) is 86.5 Å². The zero-order valence-corrected chi connectivity index (χ0v) is 22.0. The lowest BCUT2D eigenvalue weighted by Crippen LogP contribution is -2.17. The molecule has 1 N–H and O–H groups in total. The molecule has 8 nitrogen and oxygen atoms in total. The van der Waals surface area contributed by atoms with Crippen molar-refractivity contribution in [3.63, 3.8) is 0 Å². The second-order valence-corrected chi connectivity index (χ2v) is 9.07. The molecule has 34 heavy (non-hydrogen) atoms. The molecule has 1 aliphatic heterocycles. The third-order valence-electron chi connectivity index (χ3n) is 4.90. The smallest absolute Gasteiger partial charge is 0.271 e. The molecule has 176 valence electrons. The van der Waals surface area contributed by atoms with E-state index in [1.165, 1.54) is 6.21 Å². The maximum Gasteiger partial charge on any atom is 0.271 e. The van der Waals surface area contributed by atoms with Crippen LogP contribution in [0.1, 0.15) is 21.5 Å². The summed E-state index contributed by atoms with van der Waals surface area (Å²) in [4.78, 5) is 12.4. The Morgan fingerprint density at radius 1 is 1.06 bits per heavy atom. The summed E-state index contributed by atoms with van der Waals surface area (Å²) >= 11 is 5.66. The lowest BCUT2D eigenvalue weighted by Gasteiger charge is -2.13. The highest BCUT2D eigenvalue weighted by molar-refractivity contribution is 14.1. The molecule has 0 aromatic heterocycles. The van der Waals surface area contributed by atoms with E-state index in [0.717, 1.165) is 19.4 Å². The zero-order chi connectivity index (χ0) is 24.1. The molecule has 0 aliphatic carbocycles. The summed E-state index contributed by atoms with van der Waals surface area (Å²) in [5, 5.41) is 4.07. The number of carbonyl (C=O) groups excluding carboxylic acids is 1. The molecule has 1 aliphatic rings. The zero-order valence-electron chi connectivity index (χ0n) is 18.3. The summed E-state index contributed by atoms with van der Waals surface area (Å²) < 4.78 is 29.1. The van der Waals surface area contributed by atoms with E-state index in [1.807, 2.05) is 24.3 Å². The summed E-state index contributed by atoms with van der Waals surface area (Å²) in [6.07, 6.45) is 1.52. The number of rotatable bonds is 8. The first kappa shape index (κ1) is 24.1. The number of benzene rings is 3. The predicted octanol–water partition coefficient (Wildman–Crippen LogP) is 5.14. The number of carbonyl (C=O) groups is 1. The molecule has 0 bridgehead atoms. The van der Waals surface area contributed by atoms with Gasteiger partial charge in [-0.2, -0.15) is 5.10 Å². The Bertz CT molecular complexity index is 1250. The van der Waals surface area contributed by atoms with Gasteiger partial charge in [-0.25, -0.2) is 5.43 Å². The number of hydrogen-bond donors (Lipinski definition) is 1. The highest BCUT2D eigenvalue weighted by Crippen LogP contribution is 2.35. The van der Waals surface area contributed by atoms with Gasteiger partial charge >= 0.3 is 0 Å². The quantitative estimate of drug-likeness (QED) is 0.209. The second-order valence-electron chi connectivity index (χ2n) is 7.05. The molecule has 3 aromatic rings. The van der Waals surface area contributed by atoms with Crippen molar-refractivity contribution in [3.05, 3.63) is 73.3 Å². The van der Waals surface area contributed by atoms with Crippen molar-refractivity contribution >= 4 is 50.6 Å². The lowest BCUT2D eigenvalue weighted by molar-refractivity contribution is 0.0954. The van der Waals surface area contributed by atoms with Crippen LogP contribution in [-0.4, -0.2) is 33.1 Å². The molecular weight excluding hydrogens is 619 g/mol. The minimum absolute atomic E-state index is 0.225. The van der Waals surface area contributed by atoms with Crippen LogP contribution in [0.15, 0.2) is 58.1 Å². The van der Waals surface area contributed by atoms with Crippen molar-refractivity contribution in [2.75, 3.05) is 21.0 Å². The molecule has 3 aromatic carbocycles. The third-order valence-corrected chi connectivity index (χ3v) is 6.48. The van der Waals surface area contributed by atoms with Gasteiger partial charge in [0, 0.05) is 15.6 Å². The molecule has 1 amide bonds. The van der Waals surface area contributed by atoms with Crippen molar-refractivity contribution in [1.29, 1.82) is 0 Å². The van der Waals surface area contributed by atoms with Gasteiger partial charge in [0.25, 0.3) is 5.91 Å². The van der Waals surface area contributed by atoms with E-state index < -0.39 is 0 Å². The van der Waals surface area contributed by atoms with Gasteiger partial charge in [0.1, 0.15) is 12.4 Å². The fourth-order valence-electron chi connectivity index (χ4n) is 3.14. The number of hydrogen-bond acceptors (Lipinski definition) is 7. The third kappa shape index (κ3) is 5.55. The van der Waals surface area contributed by atoms with E-state index in [2.05, 4.69) is 49.0 Å². The minimum atomic E-state index is -0.349. The van der Waals surface area contributed by atoms with E-state index in [9.17, 15) is 4.79 Å². The van der Waals surface area contributed by atoms with Gasteiger partial charge in [-0.3, -0.25) is 4.79 Å². The van der Waals surface area contributed by atoms with Crippen molar-refractivity contribution in [3.8, 4) is 28.7 Å². The van der Waals surface area contributed by atoms with Gasteiger partial charge in [-0.15, -0.1) is 0 Å². The Labute approximate surface area is 218 Å². The Balaban J connectivity index is 1.43. The van der Waals surface area contributed by atoms with Gasteiger partial charge in [0.05, 0.1) is 24.0 Å².